The lowest BCUT2D eigenvalue weighted by Crippen LogP contribution is -2.56. The summed E-state index contributed by atoms with van der Waals surface area (Å²) in [4.78, 5) is 0. The Kier molecular flexibility index (Phi) is 2.67. The van der Waals surface area contributed by atoms with Gasteiger partial charge in [0.25, 0.3) is 0 Å². The molecule has 0 aromatic carbocycles. The van der Waals surface area contributed by atoms with Gasteiger partial charge in [-0.25, -0.2) is 0 Å². The van der Waals surface area contributed by atoms with Gasteiger partial charge in [-0.1, -0.05) is 27.7 Å². The summed E-state index contributed by atoms with van der Waals surface area (Å²) in [7, 11) is 0.0294. The highest BCUT2D eigenvalue weighted by atomic mass is 16.7. The van der Waals surface area contributed by atoms with E-state index in [2.05, 4.69) is 34.6 Å². The Morgan fingerprint density at radius 3 is 2.40 bits per heavy atom. The first-order valence-corrected chi connectivity index (χ1v) is 6.19. The van der Waals surface area contributed by atoms with E-state index in [0.29, 0.717) is 11.3 Å². The minimum Gasteiger partial charge on any atom is -0.408 e. The third kappa shape index (κ3) is 1.64. The molecule has 3 atom stereocenters. The average Bonchev–Trinajstić information content (AvgIpc) is 2.57. The Morgan fingerprint density at radius 1 is 1.33 bits per heavy atom. The zero-order chi connectivity index (χ0) is 11.3. The van der Waals surface area contributed by atoms with Crippen LogP contribution < -0.4 is 0 Å². The maximum Gasteiger partial charge on any atom is 0.457 e. The summed E-state index contributed by atoms with van der Waals surface area (Å²) >= 11 is 0. The number of hydrogen-bond acceptors (Lipinski definition) is 2. The van der Waals surface area contributed by atoms with Gasteiger partial charge < -0.3 is 9.31 Å². The van der Waals surface area contributed by atoms with Crippen LogP contribution in [0.3, 0.4) is 0 Å². The molecule has 2 unspecified atom stereocenters. The van der Waals surface area contributed by atoms with Crippen LogP contribution in [0.15, 0.2) is 0 Å². The van der Waals surface area contributed by atoms with Crippen LogP contribution in [0, 0.1) is 17.3 Å². The van der Waals surface area contributed by atoms with Crippen molar-refractivity contribution in [3.05, 3.63) is 0 Å². The molecule has 0 aromatic heterocycles. The molecule has 0 aromatic rings. The molecule has 15 heavy (non-hydrogen) atoms. The molecule has 0 bridgehead atoms. The molecule has 0 spiro atoms. The molecule has 0 amide bonds. The molecule has 1 aliphatic heterocycles. The zero-order valence-electron chi connectivity index (χ0n) is 10.7. The topological polar surface area (TPSA) is 18.5 Å². The lowest BCUT2D eigenvalue weighted by atomic mass is 9.51. The summed E-state index contributed by atoms with van der Waals surface area (Å²) in [5.74, 6) is 1.46. The first-order valence-electron chi connectivity index (χ1n) is 6.19. The van der Waals surface area contributed by atoms with Gasteiger partial charge in [-0.2, -0.15) is 0 Å². The summed E-state index contributed by atoms with van der Waals surface area (Å²) in [5, 5.41) is 0. The standard InChI is InChI=1S/C12H23BO2/c1-6-13-14-8-12(5,15-13)10-7-9(2)11(10,3)4/h9-10H,6-8H2,1-5H3/t9?,10-,12?/m1/s1. The van der Waals surface area contributed by atoms with Crippen molar-refractivity contribution >= 4 is 7.12 Å². The predicted molar refractivity (Wildman–Crippen MR) is 62.7 cm³/mol. The number of rotatable bonds is 2. The first kappa shape index (κ1) is 11.5. The minimum atomic E-state index is -0.0450. The molecular formula is C12H23BO2. The molecular weight excluding hydrogens is 187 g/mol. The maximum atomic E-state index is 6.06. The van der Waals surface area contributed by atoms with Crippen LogP contribution >= 0.6 is 0 Å². The fraction of sp³-hybridized carbons (Fsp3) is 1.00. The van der Waals surface area contributed by atoms with E-state index in [1.165, 1.54) is 6.42 Å². The smallest absolute Gasteiger partial charge is 0.408 e. The van der Waals surface area contributed by atoms with Crippen molar-refractivity contribution in [2.75, 3.05) is 6.61 Å². The van der Waals surface area contributed by atoms with Crippen molar-refractivity contribution in [2.45, 2.75) is 53.0 Å². The second-order valence-electron chi connectivity index (χ2n) is 6.09. The van der Waals surface area contributed by atoms with Crippen LogP contribution in [0.4, 0.5) is 0 Å². The lowest BCUT2D eigenvalue weighted by molar-refractivity contribution is -0.121. The summed E-state index contributed by atoms with van der Waals surface area (Å²) in [5.41, 5.74) is 0.359. The molecule has 0 radical (unpaired) electrons. The lowest BCUT2D eigenvalue weighted by Gasteiger charge is -2.57. The SMILES string of the molecule is CCB1OCC(C)([C@@H]2CC(C)C2(C)C)O1. The van der Waals surface area contributed by atoms with Gasteiger partial charge in [-0.15, -0.1) is 0 Å². The second kappa shape index (κ2) is 3.49. The van der Waals surface area contributed by atoms with Crippen molar-refractivity contribution in [2.24, 2.45) is 17.3 Å². The van der Waals surface area contributed by atoms with E-state index in [0.717, 1.165) is 18.8 Å². The van der Waals surface area contributed by atoms with E-state index in [9.17, 15) is 0 Å². The maximum absolute atomic E-state index is 6.06. The van der Waals surface area contributed by atoms with E-state index in [1.54, 1.807) is 0 Å². The summed E-state index contributed by atoms with van der Waals surface area (Å²) in [6, 6.07) is 0. The normalized spacial score (nSPS) is 44.2. The third-order valence-electron chi connectivity index (χ3n) is 4.78. The van der Waals surface area contributed by atoms with Gasteiger partial charge in [0.15, 0.2) is 0 Å². The Balaban J connectivity index is 2.06. The highest BCUT2D eigenvalue weighted by molar-refractivity contribution is 6.45. The van der Waals surface area contributed by atoms with Gasteiger partial charge in [0.2, 0.25) is 0 Å². The van der Waals surface area contributed by atoms with Gasteiger partial charge >= 0.3 is 7.12 Å². The van der Waals surface area contributed by atoms with Crippen LogP contribution in [0.25, 0.3) is 0 Å². The van der Waals surface area contributed by atoms with Crippen molar-refractivity contribution in [3.63, 3.8) is 0 Å². The van der Waals surface area contributed by atoms with E-state index in [-0.39, 0.29) is 12.7 Å². The molecule has 3 heteroatoms. The van der Waals surface area contributed by atoms with E-state index >= 15 is 0 Å². The molecule has 0 N–H and O–H groups in total. The van der Waals surface area contributed by atoms with Crippen molar-refractivity contribution in [3.8, 4) is 0 Å². The Hall–Kier alpha value is -0.0151. The van der Waals surface area contributed by atoms with Gasteiger partial charge in [0, 0.05) is 0 Å². The minimum absolute atomic E-state index is 0.0294. The fourth-order valence-electron chi connectivity index (χ4n) is 3.19. The first-order chi connectivity index (χ1) is 6.90. The van der Waals surface area contributed by atoms with Crippen LogP contribution in [-0.2, 0) is 9.31 Å². The van der Waals surface area contributed by atoms with Gasteiger partial charge in [0.05, 0.1) is 12.2 Å². The van der Waals surface area contributed by atoms with Crippen LogP contribution in [0.1, 0.15) is 41.0 Å². The van der Waals surface area contributed by atoms with Gasteiger partial charge in [-0.3, -0.25) is 0 Å². The van der Waals surface area contributed by atoms with Crippen molar-refractivity contribution in [1.29, 1.82) is 0 Å². The van der Waals surface area contributed by atoms with E-state index in [1.807, 2.05) is 0 Å². The monoisotopic (exact) mass is 210 g/mol. The predicted octanol–water partition coefficient (Wildman–Crippen LogP) is 2.98. The van der Waals surface area contributed by atoms with Gasteiger partial charge in [0.1, 0.15) is 0 Å². The highest BCUT2D eigenvalue weighted by Crippen LogP contribution is 2.57. The second-order valence-corrected chi connectivity index (χ2v) is 6.09. The molecule has 2 aliphatic rings. The molecule has 2 nitrogen and oxygen atoms in total. The summed E-state index contributed by atoms with van der Waals surface area (Å²) in [6.45, 7) is 12.2. The van der Waals surface area contributed by atoms with E-state index < -0.39 is 0 Å². The molecule has 86 valence electrons. The molecule has 1 heterocycles. The zero-order valence-corrected chi connectivity index (χ0v) is 10.7. The van der Waals surface area contributed by atoms with E-state index in [4.69, 9.17) is 9.31 Å². The quantitative estimate of drug-likeness (QED) is 0.652. The average molecular weight is 210 g/mol. The molecule has 2 fully saturated rings. The summed E-state index contributed by atoms with van der Waals surface area (Å²) < 4.78 is 11.7. The molecule has 1 saturated heterocycles. The fourth-order valence-corrected chi connectivity index (χ4v) is 3.19. The Bertz CT molecular complexity index is 254. The van der Waals surface area contributed by atoms with Crippen molar-refractivity contribution < 1.29 is 9.31 Å². The largest absolute Gasteiger partial charge is 0.457 e. The van der Waals surface area contributed by atoms with Gasteiger partial charge in [-0.05, 0) is 36.9 Å². The van der Waals surface area contributed by atoms with Crippen LogP contribution in [-0.4, -0.2) is 19.3 Å². The van der Waals surface area contributed by atoms with Crippen LogP contribution in [0.5, 0.6) is 0 Å². The summed E-state index contributed by atoms with van der Waals surface area (Å²) in [6.07, 6.45) is 2.24. The molecule has 1 aliphatic carbocycles. The number of hydrogen-bond donors (Lipinski definition) is 0. The third-order valence-corrected chi connectivity index (χ3v) is 4.78. The van der Waals surface area contributed by atoms with Crippen molar-refractivity contribution in [1.82, 2.24) is 0 Å². The molecule has 2 rings (SSSR count). The van der Waals surface area contributed by atoms with Crippen LogP contribution in [0.2, 0.25) is 6.32 Å². The molecule has 1 saturated carbocycles. The Labute approximate surface area is 93.9 Å². The Morgan fingerprint density at radius 2 is 2.00 bits per heavy atom. The highest BCUT2D eigenvalue weighted by Gasteiger charge is 2.57.